The largest absolute Gasteiger partial charge is 0.403 e. The molecule has 2 aliphatic carbocycles. The second kappa shape index (κ2) is 9.52. The van der Waals surface area contributed by atoms with Crippen molar-refractivity contribution in [3.05, 3.63) is 53.6 Å². The summed E-state index contributed by atoms with van der Waals surface area (Å²) in [6, 6.07) is 12.1. The van der Waals surface area contributed by atoms with Crippen LogP contribution in [0.25, 0.3) is 11.1 Å². The number of nitrogens with one attached hydrogen (secondary N) is 1. The Bertz CT molecular complexity index is 1560. The highest BCUT2D eigenvalue weighted by Crippen LogP contribution is 2.60. The number of imide groups is 1. The molecule has 3 fully saturated rings. The lowest BCUT2D eigenvalue weighted by Gasteiger charge is -2.32. The monoisotopic (exact) mass is 573 g/mol. The number of benzene rings is 2. The first kappa shape index (κ1) is 28.0. The first-order valence-corrected chi connectivity index (χ1v) is 14.3. The zero-order chi connectivity index (χ0) is 29.1. The molecule has 2 aromatic carbocycles. The van der Waals surface area contributed by atoms with Crippen molar-refractivity contribution in [2.75, 3.05) is 6.54 Å². The van der Waals surface area contributed by atoms with Gasteiger partial charge in [-0.25, -0.2) is 8.42 Å². The van der Waals surface area contributed by atoms with Crippen LogP contribution in [0.1, 0.15) is 48.0 Å². The number of sulfone groups is 1. The number of aryl methyl sites for hydroxylation is 1. The van der Waals surface area contributed by atoms with Crippen molar-refractivity contribution in [2.45, 2.75) is 66.9 Å². The molecule has 1 saturated heterocycles. The second-order valence-corrected chi connectivity index (χ2v) is 12.9. The van der Waals surface area contributed by atoms with Crippen molar-refractivity contribution >= 4 is 27.9 Å². The highest BCUT2D eigenvalue weighted by molar-refractivity contribution is 7.92. The van der Waals surface area contributed by atoms with Crippen molar-refractivity contribution in [1.82, 2.24) is 10.2 Å². The van der Waals surface area contributed by atoms with Crippen molar-refractivity contribution < 1.29 is 36.0 Å². The summed E-state index contributed by atoms with van der Waals surface area (Å²) in [4.78, 5) is 38.5. The third-order valence-electron chi connectivity index (χ3n) is 8.19. The molecule has 210 valence electrons. The lowest BCUT2D eigenvalue weighted by Crippen LogP contribution is -2.56. The fourth-order valence-electron chi connectivity index (χ4n) is 5.43. The molecule has 1 aliphatic heterocycles. The highest BCUT2D eigenvalue weighted by atomic mass is 32.2. The maximum absolute atomic E-state index is 13.7. The molecule has 1 N–H and O–H groups in total. The predicted octanol–water partition coefficient (Wildman–Crippen LogP) is 3.73. The molecule has 2 saturated carbocycles. The Morgan fingerprint density at radius 2 is 1.80 bits per heavy atom. The minimum atomic E-state index is -4.86. The molecule has 12 heteroatoms. The van der Waals surface area contributed by atoms with Gasteiger partial charge in [-0.15, -0.1) is 0 Å². The molecule has 2 amide bonds. The molecular weight excluding hydrogens is 547 g/mol. The van der Waals surface area contributed by atoms with E-state index in [1.54, 1.807) is 43.3 Å². The summed E-state index contributed by atoms with van der Waals surface area (Å²) in [6.07, 6.45) is -5.18. The number of carbonyl (C=O) groups is 3. The van der Waals surface area contributed by atoms with Crippen LogP contribution in [0.15, 0.2) is 47.4 Å². The molecule has 2 aromatic rings. The minimum Gasteiger partial charge on any atom is -0.304 e. The van der Waals surface area contributed by atoms with Gasteiger partial charge in [0.1, 0.15) is 11.0 Å². The highest BCUT2D eigenvalue weighted by Gasteiger charge is 2.72. The average molecular weight is 574 g/mol. The fourth-order valence-corrected chi connectivity index (χ4v) is 7.31. The topological polar surface area (TPSA) is 124 Å². The van der Waals surface area contributed by atoms with Gasteiger partial charge in [-0.05, 0) is 61.8 Å². The number of hydrogen-bond donors (Lipinski definition) is 1. The first-order chi connectivity index (χ1) is 18.8. The summed E-state index contributed by atoms with van der Waals surface area (Å²) in [7, 11) is -3.99. The van der Waals surface area contributed by atoms with Gasteiger partial charge in [0.2, 0.25) is 11.8 Å². The molecule has 8 nitrogen and oxygen atoms in total. The zero-order valence-corrected chi connectivity index (χ0v) is 22.3. The van der Waals surface area contributed by atoms with Gasteiger partial charge in [-0.3, -0.25) is 19.3 Å². The van der Waals surface area contributed by atoms with E-state index >= 15 is 0 Å². The number of nitriles is 1. The number of hydrogen-bond acceptors (Lipinski definition) is 7. The number of halogens is 3. The van der Waals surface area contributed by atoms with E-state index < -0.39 is 62.9 Å². The maximum atomic E-state index is 13.7. The van der Waals surface area contributed by atoms with Crippen LogP contribution < -0.4 is 5.32 Å². The molecule has 5 rings (SSSR count). The van der Waals surface area contributed by atoms with E-state index in [0.717, 1.165) is 0 Å². The lowest BCUT2D eigenvalue weighted by molar-refractivity contribution is -0.200. The van der Waals surface area contributed by atoms with Crippen LogP contribution in [-0.4, -0.2) is 61.0 Å². The molecule has 0 aromatic heterocycles. The summed E-state index contributed by atoms with van der Waals surface area (Å²) < 4.78 is 68.3. The number of carbonyl (C=O) groups excluding carboxylic acids is 3. The fraction of sp³-hybridized carbons (Fsp3) is 0.429. The molecular formula is C28H26F3N3O5S. The van der Waals surface area contributed by atoms with Gasteiger partial charge in [-0.1, -0.05) is 36.4 Å². The van der Waals surface area contributed by atoms with Crippen molar-refractivity contribution in [1.29, 1.82) is 5.26 Å². The molecule has 40 heavy (non-hydrogen) atoms. The van der Waals surface area contributed by atoms with Crippen LogP contribution in [0.2, 0.25) is 0 Å². The summed E-state index contributed by atoms with van der Waals surface area (Å²) in [5.74, 6) is -2.44. The van der Waals surface area contributed by atoms with Crippen molar-refractivity contribution in [2.24, 2.45) is 5.41 Å². The van der Waals surface area contributed by atoms with Crippen LogP contribution in [0.3, 0.4) is 0 Å². The number of alkyl halides is 3. The smallest absolute Gasteiger partial charge is 0.304 e. The molecule has 0 radical (unpaired) electrons. The Kier molecular flexibility index (Phi) is 6.66. The Morgan fingerprint density at radius 1 is 1.12 bits per heavy atom. The predicted molar refractivity (Wildman–Crippen MR) is 137 cm³/mol. The Balaban J connectivity index is 1.38. The summed E-state index contributed by atoms with van der Waals surface area (Å²) in [5.41, 5.74) is -2.16. The van der Waals surface area contributed by atoms with E-state index in [1.165, 1.54) is 6.07 Å². The van der Waals surface area contributed by atoms with Gasteiger partial charge in [0.05, 0.1) is 22.3 Å². The van der Waals surface area contributed by atoms with Gasteiger partial charge < -0.3 is 5.32 Å². The van der Waals surface area contributed by atoms with Crippen LogP contribution in [0, 0.1) is 23.7 Å². The molecule has 0 bridgehead atoms. The second-order valence-electron chi connectivity index (χ2n) is 10.8. The lowest BCUT2D eigenvalue weighted by atomic mass is 9.99. The number of aldehydes is 1. The summed E-state index contributed by atoms with van der Waals surface area (Å²) in [6.45, 7) is 1.46. The van der Waals surface area contributed by atoms with E-state index in [-0.39, 0.29) is 30.7 Å². The normalized spacial score (nSPS) is 22.7. The molecule has 3 aliphatic rings. The number of nitrogens with zero attached hydrogens (tertiary/aromatic N) is 2. The third kappa shape index (κ3) is 4.41. The molecule has 0 spiro atoms. The van der Waals surface area contributed by atoms with Crippen molar-refractivity contribution in [3.8, 4) is 17.2 Å². The molecule has 0 unspecified atom stereocenters. The van der Waals surface area contributed by atoms with Crippen LogP contribution in [-0.2, 0) is 19.4 Å². The summed E-state index contributed by atoms with van der Waals surface area (Å²) in [5, 5.41) is 11.3. The van der Waals surface area contributed by atoms with Gasteiger partial charge in [-0.2, -0.15) is 18.4 Å². The SMILES string of the molecule is Cc1cc(-c2ccccc2C=O)ccc1S(=O)(=O)[C@H]1CN[C@H](C(=O)N(C(=O)C2(C(F)(F)F)CC2)C2(C#N)CC2)C1. The van der Waals surface area contributed by atoms with Crippen LogP contribution >= 0.6 is 0 Å². The van der Waals surface area contributed by atoms with Crippen LogP contribution in [0.4, 0.5) is 13.2 Å². The van der Waals surface area contributed by atoms with Crippen LogP contribution in [0.5, 0.6) is 0 Å². The minimum absolute atomic E-state index is 0.0253. The molecule has 1 heterocycles. The number of rotatable bonds is 7. The summed E-state index contributed by atoms with van der Waals surface area (Å²) >= 11 is 0. The van der Waals surface area contributed by atoms with E-state index in [1.807, 2.05) is 6.07 Å². The van der Waals surface area contributed by atoms with Gasteiger partial charge in [0.15, 0.2) is 16.1 Å². The Labute approximate surface area is 229 Å². The standard InChI is InChI=1S/C28H26F3N3O5S/c1-17-12-18(21-5-3-2-4-19(21)15-35)6-7-23(17)40(38,39)20-13-22(33-14-20)24(36)34(26(16-32)8-9-26)25(37)27(10-11-27)28(29,30)31/h2-7,12,15,20,22,33H,8-11,13-14H2,1H3/t20-,22+/m1/s1. The Morgan fingerprint density at radius 3 is 2.35 bits per heavy atom. The first-order valence-electron chi connectivity index (χ1n) is 12.8. The third-order valence-corrected chi connectivity index (χ3v) is 10.5. The van der Waals surface area contributed by atoms with Crippen molar-refractivity contribution in [3.63, 3.8) is 0 Å². The number of amides is 2. The van der Waals surface area contributed by atoms with E-state index in [2.05, 4.69) is 5.32 Å². The quantitative estimate of drug-likeness (QED) is 0.395. The van der Waals surface area contributed by atoms with Gasteiger partial charge >= 0.3 is 6.18 Å². The van der Waals surface area contributed by atoms with Gasteiger partial charge in [0.25, 0.3) is 0 Å². The zero-order valence-electron chi connectivity index (χ0n) is 21.5. The van der Waals surface area contributed by atoms with E-state index in [0.29, 0.717) is 33.4 Å². The Hall–Kier alpha value is -3.56. The average Bonchev–Trinajstić information content (AvgIpc) is 3.84. The van der Waals surface area contributed by atoms with E-state index in [9.17, 15) is 41.2 Å². The van der Waals surface area contributed by atoms with E-state index in [4.69, 9.17) is 0 Å². The van der Waals surface area contributed by atoms with Gasteiger partial charge in [0, 0.05) is 12.1 Å². The molecule has 2 atom stereocenters. The maximum Gasteiger partial charge on any atom is 0.403 e.